The summed E-state index contributed by atoms with van der Waals surface area (Å²) in [5, 5.41) is 0.397. The molecule has 0 aliphatic rings. The smallest absolute Gasteiger partial charge is 0.146 e. The monoisotopic (exact) mass is 267 g/mol. The number of hydrogen-bond donors (Lipinski definition) is 3. The second-order valence-electron chi connectivity index (χ2n) is 3.62. The molecule has 2 heterocycles. The van der Waals surface area contributed by atoms with E-state index in [0.717, 1.165) is 6.20 Å². The van der Waals surface area contributed by atoms with Crippen LogP contribution in [0.3, 0.4) is 0 Å². The zero-order valence-corrected chi connectivity index (χ0v) is 10.0. The first kappa shape index (κ1) is 12.7. The lowest BCUT2D eigenvalue weighted by Crippen LogP contribution is -2.30. The van der Waals surface area contributed by atoms with Crippen molar-refractivity contribution in [1.29, 1.82) is 0 Å². The van der Waals surface area contributed by atoms with E-state index in [1.54, 1.807) is 6.07 Å². The van der Waals surface area contributed by atoms with Crippen LogP contribution in [0.25, 0.3) is 0 Å². The van der Waals surface area contributed by atoms with Gasteiger partial charge in [-0.2, -0.15) is 0 Å². The van der Waals surface area contributed by atoms with Crippen LogP contribution in [0, 0.1) is 5.82 Å². The molecule has 5 N–H and O–H groups in total. The molecule has 7 heteroatoms. The molecule has 0 fully saturated rings. The van der Waals surface area contributed by atoms with Crippen molar-refractivity contribution < 1.29 is 4.39 Å². The Labute approximate surface area is 108 Å². The Morgan fingerprint density at radius 1 is 1.33 bits per heavy atom. The molecule has 2 rings (SSSR count). The van der Waals surface area contributed by atoms with Crippen molar-refractivity contribution >= 4 is 17.4 Å². The highest BCUT2D eigenvalue weighted by atomic mass is 35.5. The molecule has 2 aromatic rings. The molecule has 0 spiro atoms. The Balaban J connectivity index is 2.52. The fourth-order valence-corrected chi connectivity index (χ4v) is 1.83. The number of nitrogens with zero attached hydrogens (tertiary/aromatic N) is 2. The van der Waals surface area contributed by atoms with Gasteiger partial charge in [-0.05, 0) is 12.1 Å². The summed E-state index contributed by atoms with van der Waals surface area (Å²) < 4.78 is 13.7. The van der Waals surface area contributed by atoms with Gasteiger partial charge in [0.2, 0.25) is 0 Å². The van der Waals surface area contributed by atoms with Gasteiger partial charge in [-0.3, -0.25) is 10.8 Å². The van der Waals surface area contributed by atoms with Crippen LogP contribution in [-0.2, 0) is 0 Å². The van der Waals surface area contributed by atoms with E-state index in [2.05, 4.69) is 15.4 Å². The molecule has 18 heavy (non-hydrogen) atoms. The van der Waals surface area contributed by atoms with Gasteiger partial charge in [0, 0.05) is 23.5 Å². The Morgan fingerprint density at radius 3 is 2.78 bits per heavy atom. The van der Waals surface area contributed by atoms with E-state index in [1.807, 2.05) is 0 Å². The number of nitrogens with one attached hydrogen (secondary N) is 1. The molecule has 0 aliphatic heterocycles. The summed E-state index contributed by atoms with van der Waals surface area (Å²) in [7, 11) is 0. The van der Waals surface area contributed by atoms with Crippen molar-refractivity contribution in [3.8, 4) is 0 Å². The topological polar surface area (TPSA) is 89.8 Å². The standard InChI is InChI=1S/C11H11ClFN5/c12-6-3-8(11(14)17-4-6)10(18-15)7-1-2-16-5-9(7)13/h1-5,10,18H,15H2,(H2,14,17). The average Bonchev–Trinajstić information content (AvgIpc) is 2.36. The fraction of sp³-hybridized carbons (Fsp3) is 0.0909. The molecule has 1 atom stereocenters. The van der Waals surface area contributed by atoms with Gasteiger partial charge in [-0.15, -0.1) is 0 Å². The van der Waals surface area contributed by atoms with Crippen molar-refractivity contribution in [3.05, 3.63) is 52.7 Å². The molecule has 0 aromatic carbocycles. The van der Waals surface area contributed by atoms with Gasteiger partial charge in [0.25, 0.3) is 0 Å². The minimum atomic E-state index is -0.640. The zero-order chi connectivity index (χ0) is 13.1. The van der Waals surface area contributed by atoms with Crippen LogP contribution >= 0.6 is 11.6 Å². The minimum Gasteiger partial charge on any atom is -0.383 e. The highest BCUT2D eigenvalue weighted by Gasteiger charge is 2.19. The molecule has 5 nitrogen and oxygen atoms in total. The first-order chi connectivity index (χ1) is 8.63. The third-order valence-electron chi connectivity index (χ3n) is 2.51. The number of hydrogen-bond acceptors (Lipinski definition) is 5. The van der Waals surface area contributed by atoms with E-state index in [9.17, 15) is 4.39 Å². The van der Waals surface area contributed by atoms with Crippen LogP contribution in [0.15, 0.2) is 30.7 Å². The SMILES string of the molecule is NNC(c1ccncc1F)c1cc(Cl)cnc1N. The van der Waals surface area contributed by atoms with E-state index in [-0.39, 0.29) is 5.82 Å². The van der Waals surface area contributed by atoms with Crippen molar-refractivity contribution in [2.45, 2.75) is 6.04 Å². The van der Waals surface area contributed by atoms with Gasteiger partial charge in [0.1, 0.15) is 11.6 Å². The maximum Gasteiger partial charge on any atom is 0.146 e. The van der Waals surface area contributed by atoms with E-state index in [1.165, 1.54) is 18.5 Å². The second kappa shape index (κ2) is 5.26. The molecular weight excluding hydrogens is 257 g/mol. The number of nitrogen functional groups attached to an aromatic ring is 1. The van der Waals surface area contributed by atoms with Gasteiger partial charge in [-0.25, -0.2) is 14.8 Å². The lowest BCUT2D eigenvalue weighted by atomic mass is 10.0. The predicted molar refractivity (Wildman–Crippen MR) is 67.0 cm³/mol. The van der Waals surface area contributed by atoms with Crippen LogP contribution in [-0.4, -0.2) is 9.97 Å². The average molecular weight is 268 g/mol. The highest BCUT2D eigenvalue weighted by molar-refractivity contribution is 6.30. The summed E-state index contributed by atoms with van der Waals surface area (Å²) in [5.41, 5.74) is 9.08. The van der Waals surface area contributed by atoms with Crippen molar-refractivity contribution in [3.63, 3.8) is 0 Å². The minimum absolute atomic E-state index is 0.235. The first-order valence-electron chi connectivity index (χ1n) is 5.10. The summed E-state index contributed by atoms with van der Waals surface area (Å²) in [6.45, 7) is 0. The van der Waals surface area contributed by atoms with Crippen LogP contribution < -0.4 is 17.0 Å². The molecular formula is C11H11ClFN5. The van der Waals surface area contributed by atoms with Crippen molar-refractivity contribution in [1.82, 2.24) is 15.4 Å². The maximum absolute atomic E-state index is 13.7. The number of halogens is 2. The molecule has 0 saturated carbocycles. The summed E-state index contributed by atoms with van der Waals surface area (Å²) in [4.78, 5) is 7.59. The summed E-state index contributed by atoms with van der Waals surface area (Å²) >= 11 is 5.85. The lowest BCUT2D eigenvalue weighted by Gasteiger charge is -2.18. The first-order valence-corrected chi connectivity index (χ1v) is 5.47. The number of rotatable bonds is 3. The molecule has 0 aliphatic carbocycles. The molecule has 0 bridgehead atoms. The fourth-order valence-electron chi connectivity index (χ4n) is 1.66. The molecule has 94 valence electrons. The van der Waals surface area contributed by atoms with Gasteiger partial charge in [-0.1, -0.05) is 11.6 Å². The van der Waals surface area contributed by atoms with Crippen molar-refractivity contribution in [2.75, 3.05) is 5.73 Å². The van der Waals surface area contributed by atoms with E-state index in [0.29, 0.717) is 16.1 Å². The van der Waals surface area contributed by atoms with Gasteiger partial charge >= 0.3 is 0 Å². The van der Waals surface area contributed by atoms with Gasteiger partial charge in [0.05, 0.1) is 17.3 Å². The number of aromatic nitrogens is 2. The normalized spacial score (nSPS) is 12.4. The number of hydrazine groups is 1. The Kier molecular flexibility index (Phi) is 3.71. The maximum atomic E-state index is 13.7. The van der Waals surface area contributed by atoms with E-state index in [4.69, 9.17) is 23.2 Å². The van der Waals surface area contributed by atoms with Crippen LogP contribution in [0.2, 0.25) is 5.02 Å². The van der Waals surface area contributed by atoms with Crippen LogP contribution in [0.1, 0.15) is 17.2 Å². The molecule has 0 amide bonds. The molecule has 1 unspecified atom stereocenters. The number of nitrogens with two attached hydrogens (primary N) is 2. The lowest BCUT2D eigenvalue weighted by molar-refractivity contribution is 0.556. The molecule has 0 saturated heterocycles. The van der Waals surface area contributed by atoms with Crippen LogP contribution in [0.5, 0.6) is 0 Å². The second-order valence-corrected chi connectivity index (χ2v) is 4.06. The highest BCUT2D eigenvalue weighted by Crippen LogP contribution is 2.28. The largest absolute Gasteiger partial charge is 0.383 e. The molecule has 2 aromatic heterocycles. The van der Waals surface area contributed by atoms with Gasteiger partial charge in [0.15, 0.2) is 0 Å². The third-order valence-corrected chi connectivity index (χ3v) is 2.72. The summed E-state index contributed by atoms with van der Waals surface area (Å²) in [5.74, 6) is 5.21. The quantitative estimate of drug-likeness (QED) is 0.578. The zero-order valence-electron chi connectivity index (χ0n) is 9.27. The summed E-state index contributed by atoms with van der Waals surface area (Å²) in [6, 6.07) is 2.47. The summed E-state index contributed by atoms with van der Waals surface area (Å²) in [6.07, 6.45) is 3.99. The Hall–Kier alpha value is -1.76. The van der Waals surface area contributed by atoms with Crippen LogP contribution in [0.4, 0.5) is 10.2 Å². The Morgan fingerprint density at radius 2 is 2.11 bits per heavy atom. The third kappa shape index (κ3) is 2.40. The number of anilines is 1. The Bertz CT molecular complexity index is 563. The molecule has 0 radical (unpaired) electrons. The van der Waals surface area contributed by atoms with E-state index >= 15 is 0 Å². The van der Waals surface area contributed by atoms with E-state index < -0.39 is 11.9 Å². The van der Waals surface area contributed by atoms with Gasteiger partial charge < -0.3 is 5.73 Å². The predicted octanol–water partition coefficient (Wildman–Crippen LogP) is 1.40. The number of pyridine rings is 2. The van der Waals surface area contributed by atoms with Crippen molar-refractivity contribution in [2.24, 2.45) is 5.84 Å².